The average Bonchev–Trinajstić information content (AvgIpc) is 3.86. The summed E-state index contributed by atoms with van der Waals surface area (Å²) in [6.45, 7) is 0. The lowest BCUT2D eigenvalue weighted by molar-refractivity contribution is 0.749. The molecule has 2 aromatic heterocycles. The van der Waals surface area contributed by atoms with Gasteiger partial charge in [-0.05, 0) is 91.2 Å². The molecule has 0 radical (unpaired) electrons. The third-order valence-corrected chi connectivity index (χ3v) is 14.1. The molecule has 9 aromatic carbocycles. The Morgan fingerprint density at radius 1 is 0.375 bits per heavy atom. The van der Waals surface area contributed by atoms with E-state index in [1.54, 1.807) is 0 Å². The van der Waals surface area contributed by atoms with Gasteiger partial charge in [0.25, 0.3) is 0 Å². The number of rotatable bonds is 4. The van der Waals surface area contributed by atoms with Crippen LogP contribution in [0.2, 0.25) is 0 Å². The first-order valence-corrected chi connectivity index (χ1v) is 22.3. The van der Waals surface area contributed by atoms with Gasteiger partial charge in [-0.1, -0.05) is 188 Å². The third kappa shape index (κ3) is 4.74. The Balaban J connectivity index is 1.12. The van der Waals surface area contributed by atoms with E-state index in [9.17, 15) is 0 Å². The summed E-state index contributed by atoms with van der Waals surface area (Å²) in [4.78, 5) is 16.0. The zero-order chi connectivity index (χ0) is 41.9. The molecule has 11 aromatic rings. The number of hydrogen-bond donors (Lipinski definition) is 0. The number of hydrogen-bond acceptors (Lipinski definition) is 3. The van der Waals surface area contributed by atoms with Crippen molar-refractivity contribution in [1.29, 1.82) is 0 Å². The molecule has 64 heavy (non-hydrogen) atoms. The summed E-state index contributed by atoms with van der Waals surface area (Å²) in [6.07, 6.45) is 6.84. The Morgan fingerprint density at radius 2 is 0.953 bits per heavy atom. The molecule has 0 saturated heterocycles. The molecule has 0 amide bonds. The predicted octanol–water partition coefficient (Wildman–Crippen LogP) is 12.8. The van der Waals surface area contributed by atoms with Crippen molar-refractivity contribution >= 4 is 44.7 Å². The fourth-order valence-electron chi connectivity index (χ4n) is 11.5. The van der Waals surface area contributed by atoms with Gasteiger partial charge in [0.2, 0.25) is 0 Å². The second-order valence-electron chi connectivity index (χ2n) is 17.3. The lowest BCUT2D eigenvalue weighted by Crippen LogP contribution is -2.33. The van der Waals surface area contributed by atoms with Crippen molar-refractivity contribution in [1.82, 2.24) is 19.5 Å². The van der Waals surface area contributed by atoms with Crippen molar-refractivity contribution in [2.75, 3.05) is 0 Å². The predicted molar refractivity (Wildman–Crippen MR) is 262 cm³/mol. The van der Waals surface area contributed by atoms with Gasteiger partial charge >= 0.3 is 0 Å². The molecule has 0 saturated carbocycles. The van der Waals surface area contributed by atoms with Crippen molar-refractivity contribution in [3.8, 4) is 62.1 Å². The smallest absolute Gasteiger partial charge is 0.165 e. The SMILES string of the molecule is C1=c2c(-c3ccc4c(c3)C3(c5ccccc5-4)c4ccccc4-n4c5ccccc5c5cccc3c54)c(-c3nc(-c4ccccc4)nc(-c4ccccc4)n3)c3ccccc3c2=CCC1. The molecular formula is C60H38N4. The van der Waals surface area contributed by atoms with Crippen LogP contribution in [0.1, 0.15) is 35.1 Å². The minimum Gasteiger partial charge on any atom is -0.309 e. The minimum absolute atomic E-state index is 0.580. The molecule has 0 N–H and O–H groups in total. The lowest BCUT2D eigenvalue weighted by Gasteiger charge is -2.39. The van der Waals surface area contributed by atoms with Crippen molar-refractivity contribution in [3.63, 3.8) is 0 Å². The highest BCUT2D eigenvalue weighted by atomic mass is 15.0. The molecule has 4 nitrogen and oxygen atoms in total. The van der Waals surface area contributed by atoms with Crippen LogP contribution in [0.15, 0.2) is 194 Å². The lowest BCUT2D eigenvalue weighted by atomic mass is 9.65. The van der Waals surface area contributed by atoms with Crippen molar-refractivity contribution < 1.29 is 0 Å². The maximum atomic E-state index is 5.43. The maximum Gasteiger partial charge on any atom is 0.165 e. The van der Waals surface area contributed by atoms with Crippen molar-refractivity contribution in [2.45, 2.75) is 18.3 Å². The average molecular weight is 815 g/mol. The largest absolute Gasteiger partial charge is 0.309 e. The molecule has 298 valence electrons. The number of fused-ring (bicyclic) bond motifs is 15. The van der Waals surface area contributed by atoms with E-state index in [2.05, 4.69) is 174 Å². The van der Waals surface area contributed by atoms with Gasteiger partial charge in [-0.25, -0.2) is 15.0 Å². The summed E-state index contributed by atoms with van der Waals surface area (Å²) in [5.74, 6) is 1.97. The van der Waals surface area contributed by atoms with Crippen LogP contribution in [0.3, 0.4) is 0 Å². The van der Waals surface area contributed by atoms with Crippen LogP contribution in [0, 0.1) is 0 Å². The Labute approximate surface area is 369 Å². The molecule has 0 fully saturated rings. The fraction of sp³-hybridized carbons (Fsp3) is 0.0500. The van der Waals surface area contributed by atoms with E-state index in [4.69, 9.17) is 15.0 Å². The Hall–Kier alpha value is -8.21. The third-order valence-electron chi connectivity index (χ3n) is 14.1. The molecule has 3 aliphatic rings. The van der Waals surface area contributed by atoms with Gasteiger partial charge in [-0.15, -0.1) is 0 Å². The van der Waals surface area contributed by atoms with E-state index in [0.717, 1.165) is 46.0 Å². The number of para-hydroxylation sites is 3. The molecule has 4 heteroatoms. The normalized spacial score (nSPS) is 15.4. The Bertz CT molecular complexity index is 3850. The van der Waals surface area contributed by atoms with E-state index in [-0.39, 0.29) is 0 Å². The highest BCUT2D eigenvalue weighted by molar-refractivity contribution is 6.13. The van der Waals surface area contributed by atoms with Crippen LogP contribution >= 0.6 is 0 Å². The highest BCUT2D eigenvalue weighted by Gasteiger charge is 2.51. The van der Waals surface area contributed by atoms with Crippen molar-refractivity contribution in [2.24, 2.45) is 0 Å². The van der Waals surface area contributed by atoms with Gasteiger partial charge in [0.05, 0.1) is 22.1 Å². The quantitative estimate of drug-likeness (QED) is 0.178. The van der Waals surface area contributed by atoms with Crippen LogP contribution in [0.5, 0.6) is 0 Å². The summed E-state index contributed by atoms with van der Waals surface area (Å²) in [5, 5.41) is 7.39. The zero-order valence-corrected chi connectivity index (χ0v) is 34.8. The second-order valence-corrected chi connectivity index (χ2v) is 17.3. The van der Waals surface area contributed by atoms with Gasteiger partial charge in [0, 0.05) is 33.0 Å². The van der Waals surface area contributed by atoms with Gasteiger partial charge < -0.3 is 4.57 Å². The molecule has 14 rings (SSSR count). The second kappa shape index (κ2) is 13.4. The van der Waals surface area contributed by atoms with E-state index in [1.807, 2.05) is 36.4 Å². The van der Waals surface area contributed by atoms with Gasteiger partial charge in [0.1, 0.15) is 0 Å². The first-order valence-electron chi connectivity index (χ1n) is 22.3. The number of benzene rings is 9. The molecule has 2 aliphatic carbocycles. The van der Waals surface area contributed by atoms with Crippen molar-refractivity contribution in [3.05, 3.63) is 227 Å². The van der Waals surface area contributed by atoms with Crippen LogP contribution in [0.25, 0.3) is 107 Å². The monoisotopic (exact) mass is 814 g/mol. The van der Waals surface area contributed by atoms with E-state index in [0.29, 0.717) is 17.5 Å². The zero-order valence-electron chi connectivity index (χ0n) is 34.8. The molecule has 1 spiro atoms. The minimum atomic E-state index is -0.580. The molecule has 0 bridgehead atoms. The van der Waals surface area contributed by atoms with Crippen LogP contribution in [0.4, 0.5) is 0 Å². The topological polar surface area (TPSA) is 43.6 Å². The van der Waals surface area contributed by atoms with Gasteiger partial charge in [-0.3, -0.25) is 0 Å². The number of aromatic nitrogens is 4. The first kappa shape index (κ1) is 35.4. The van der Waals surface area contributed by atoms with Crippen LogP contribution in [-0.4, -0.2) is 19.5 Å². The van der Waals surface area contributed by atoms with E-state index < -0.39 is 5.41 Å². The summed E-state index contributed by atoms with van der Waals surface area (Å²) >= 11 is 0. The molecule has 3 heterocycles. The van der Waals surface area contributed by atoms with Gasteiger partial charge in [0.15, 0.2) is 17.5 Å². The molecular weight excluding hydrogens is 777 g/mol. The summed E-state index contributed by atoms with van der Waals surface area (Å²) in [7, 11) is 0. The highest BCUT2D eigenvalue weighted by Crippen LogP contribution is 2.61. The van der Waals surface area contributed by atoms with E-state index >= 15 is 0 Å². The summed E-state index contributed by atoms with van der Waals surface area (Å²) in [6, 6.07) is 70.8. The summed E-state index contributed by atoms with van der Waals surface area (Å²) < 4.78 is 2.52. The number of nitrogens with zero attached hydrogens (tertiary/aromatic N) is 4. The standard InChI is InChI=1S/C60H38N4/c1-3-18-37(19-4-1)57-61-58(38-20-5-2-6-21-38)63-59(62-57)55-46-27-10-8-23-41(46)40-22-7-9-26-45(40)54(55)39-34-35-43-42-24-11-13-29-48(42)60(51(43)36-39)49-30-14-16-33-53(49)64-52-32-15-12-25-44(52)47-28-17-31-50(60)56(47)64/h1-6,8,10-36H,7,9H2. The Kier molecular flexibility index (Phi) is 7.41. The Morgan fingerprint density at radius 3 is 1.73 bits per heavy atom. The fourth-order valence-corrected chi connectivity index (χ4v) is 11.5. The van der Waals surface area contributed by atoms with Crippen LogP contribution < -0.4 is 10.4 Å². The first-order chi connectivity index (χ1) is 31.8. The molecule has 1 atom stereocenters. The molecule has 1 unspecified atom stereocenters. The van der Waals surface area contributed by atoms with Crippen LogP contribution in [-0.2, 0) is 5.41 Å². The maximum absolute atomic E-state index is 5.43. The van der Waals surface area contributed by atoms with Gasteiger partial charge in [-0.2, -0.15) is 0 Å². The van der Waals surface area contributed by atoms with E-state index in [1.165, 1.54) is 76.7 Å². The summed E-state index contributed by atoms with van der Waals surface area (Å²) in [5.41, 5.74) is 16.1. The molecule has 1 aliphatic heterocycles.